The zero-order chi connectivity index (χ0) is 13.6. The van der Waals surface area contributed by atoms with Gasteiger partial charge in [-0.15, -0.1) is 12.4 Å². The Morgan fingerprint density at radius 3 is 2.90 bits per heavy atom. The number of halogens is 1. The maximum absolute atomic E-state index is 11.9. The number of para-hydroxylation sites is 1. The summed E-state index contributed by atoms with van der Waals surface area (Å²) in [6, 6.07) is 5.93. The summed E-state index contributed by atoms with van der Waals surface area (Å²) in [4.78, 5) is 14.8. The molecule has 0 radical (unpaired) electrons. The van der Waals surface area contributed by atoms with Gasteiger partial charge in [0.1, 0.15) is 0 Å². The van der Waals surface area contributed by atoms with E-state index in [-0.39, 0.29) is 24.1 Å². The summed E-state index contributed by atoms with van der Waals surface area (Å²) < 4.78 is 1.73. The molecule has 110 valence electrons. The van der Waals surface area contributed by atoms with Gasteiger partial charge in [-0.25, -0.2) is 4.79 Å². The number of aryl methyl sites for hydroxylation is 1. The average molecular weight is 298 g/mol. The molecule has 2 aromatic rings. The minimum absolute atomic E-state index is 0. The van der Waals surface area contributed by atoms with Crippen LogP contribution in [0.3, 0.4) is 0 Å². The molecule has 3 rings (SSSR count). The first-order chi connectivity index (χ1) is 9.08. The van der Waals surface area contributed by atoms with Crippen molar-refractivity contribution in [2.45, 2.75) is 45.0 Å². The predicted molar refractivity (Wildman–Crippen MR) is 81.4 cm³/mol. The van der Waals surface area contributed by atoms with E-state index in [2.05, 4.69) is 24.1 Å². The van der Waals surface area contributed by atoms with Crippen molar-refractivity contribution in [1.29, 1.82) is 0 Å². The fourth-order valence-corrected chi connectivity index (χ4v) is 2.95. The second kappa shape index (κ2) is 5.60. The Bertz CT molecular complexity index is 662. The van der Waals surface area contributed by atoms with Gasteiger partial charge in [0.05, 0.1) is 17.1 Å². The standard InChI is InChI=1S/C14H19N3O2.ClH/c1-8(2)15-11-6-7-17-12-9(13(11)18)4-3-5-10(12)16-14(17)19;/h3-5,8,11,13,15,18H,6-7H2,1-2H3,(H,16,19);1H/t11-,13+;/m1./s1. The molecule has 0 spiro atoms. The van der Waals surface area contributed by atoms with E-state index in [1.807, 2.05) is 18.2 Å². The zero-order valence-electron chi connectivity index (χ0n) is 11.6. The first-order valence-electron chi connectivity index (χ1n) is 6.73. The van der Waals surface area contributed by atoms with E-state index in [1.165, 1.54) is 0 Å². The average Bonchev–Trinajstić information content (AvgIpc) is 2.61. The molecule has 0 fully saturated rings. The third-order valence-corrected chi connectivity index (χ3v) is 3.73. The normalized spacial score (nSPS) is 21.8. The van der Waals surface area contributed by atoms with Gasteiger partial charge >= 0.3 is 5.69 Å². The van der Waals surface area contributed by atoms with Crippen LogP contribution in [0.1, 0.15) is 31.9 Å². The Hall–Kier alpha value is -1.30. The third-order valence-electron chi connectivity index (χ3n) is 3.73. The van der Waals surface area contributed by atoms with Crippen molar-refractivity contribution in [3.63, 3.8) is 0 Å². The van der Waals surface area contributed by atoms with Crippen LogP contribution < -0.4 is 11.0 Å². The monoisotopic (exact) mass is 297 g/mol. The summed E-state index contributed by atoms with van der Waals surface area (Å²) in [6.07, 6.45) is 0.149. The van der Waals surface area contributed by atoms with Crippen molar-refractivity contribution in [2.75, 3.05) is 0 Å². The Balaban J connectivity index is 0.00000147. The first kappa shape index (κ1) is 15.1. The number of hydrogen-bond donors (Lipinski definition) is 3. The molecule has 5 nitrogen and oxygen atoms in total. The lowest BCUT2D eigenvalue weighted by Gasteiger charge is -2.24. The van der Waals surface area contributed by atoms with E-state index in [9.17, 15) is 9.90 Å². The van der Waals surface area contributed by atoms with Gasteiger partial charge in [-0.3, -0.25) is 4.57 Å². The van der Waals surface area contributed by atoms with Crippen LogP contribution in [0.25, 0.3) is 11.0 Å². The van der Waals surface area contributed by atoms with E-state index in [4.69, 9.17) is 0 Å². The largest absolute Gasteiger partial charge is 0.387 e. The number of nitrogens with one attached hydrogen (secondary N) is 2. The molecule has 2 atom stereocenters. The van der Waals surface area contributed by atoms with Crippen LogP contribution in [0, 0.1) is 0 Å². The van der Waals surface area contributed by atoms with E-state index >= 15 is 0 Å². The number of aliphatic hydroxyl groups excluding tert-OH is 1. The molecule has 1 aliphatic heterocycles. The van der Waals surface area contributed by atoms with Crippen molar-refractivity contribution in [2.24, 2.45) is 0 Å². The van der Waals surface area contributed by atoms with Crippen LogP contribution in [0.2, 0.25) is 0 Å². The van der Waals surface area contributed by atoms with Gasteiger partial charge in [0, 0.05) is 24.2 Å². The lowest BCUT2D eigenvalue weighted by Crippen LogP contribution is -2.39. The molecule has 2 heterocycles. The Labute approximate surface area is 123 Å². The molecule has 6 heteroatoms. The van der Waals surface area contributed by atoms with Crippen LogP contribution in [0.5, 0.6) is 0 Å². The van der Waals surface area contributed by atoms with Crippen LogP contribution in [-0.4, -0.2) is 26.7 Å². The second-order valence-electron chi connectivity index (χ2n) is 5.49. The fraction of sp³-hybridized carbons (Fsp3) is 0.500. The van der Waals surface area contributed by atoms with E-state index < -0.39 is 6.10 Å². The molecule has 20 heavy (non-hydrogen) atoms. The molecule has 0 saturated heterocycles. The van der Waals surface area contributed by atoms with Crippen LogP contribution in [-0.2, 0) is 6.54 Å². The molecular formula is C14H20ClN3O2. The predicted octanol–water partition coefficient (Wildman–Crippen LogP) is 1.56. The first-order valence-corrected chi connectivity index (χ1v) is 6.73. The van der Waals surface area contributed by atoms with Crippen molar-refractivity contribution < 1.29 is 5.11 Å². The van der Waals surface area contributed by atoms with E-state index in [0.29, 0.717) is 12.6 Å². The number of aliphatic hydroxyl groups is 1. The molecular weight excluding hydrogens is 278 g/mol. The van der Waals surface area contributed by atoms with Gasteiger partial charge in [0.15, 0.2) is 0 Å². The molecule has 0 aliphatic carbocycles. The minimum atomic E-state index is -0.588. The van der Waals surface area contributed by atoms with Crippen molar-refractivity contribution in [3.8, 4) is 0 Å². The van der Waals surface area contributed by atoms with Gasteiger partial charge in [0.25, 0.3) is 0 Å². The number of hydrogen-bond acceptors (Lipinski definition) is 3. The summed E-state index contributed by atoms with van der Waals surface area (Å²) >= 11 is 0. The molecule has 1 aromatic carbocycles. The lowest BCUT2D eigenvalue weighted by atomic mass is 9.99. The minimum Gasteiger partial charge on any atom is -0.387 e. The quantitative estimate of drug-likeness (QED) is 0.788. The summed E-state index contributed by atoms with van der Waals surface area (Å²) in [6.45, 7) is 4.74. The second-order valence-corrected chi connectivity index (χ2v) is 5.49. The number of aromatic amines is 1. The van der Waals surface area contributed by atoms with Gasteiger partial charge in [-0.1, -0.05) is 26.0 Å². The molecule has 1 aliphatic rings. The van der Waals surface area contributed by atoms with E-state index in [1.54, 1.807) is 4.57 Å². The maximum Gasteiger partial charge on any atom is 0.326 e. The van der Waals surface area contributed by atoms with Crippen molar-refractivity contribution in [1.82, 2.24) is 14.9 Å². The topological polar surface area (TPSA) is 70.0 Å². The number of benzene rings is 1. The highest BCUT2D eigenvalue weighted by Crippen LogP contribution is 2.29. The number of H-pyrrole nitrogens is 1. The SMILES string of the molecule is CC(C)N[C@@H]1CCn2c(=O)[nH]c3cccc(c32)[C@@H]1O.Cl. The van der Waals surface area contributed by atoms with Gasteiger partial charge < -0.3 is 15.4 Å². The summed E-state index contributed by atoms with van der Waals surface area (Å²) in [5, 5.41) is 14.0. The zero-order valence-corrected chi connectivity index (χ0v) is 12.4. The fourth-order valence-electron chi connectivity index (χ4n) is 2.95. The smallest absolute Gasteiger partial charge is 0.326 e. The molecule has 0 bridgehead atoms. The molecule has 0 saturated carbocycles. The summed E-state index contributed by atoms with van der Waals surface area (Å²) in [5.41, 5.74) is 2.37. The van der Waals surface area contributed by atoms with E-state index in [0.717, 1.165) is 23.0 Å². The van der Waals surface area contributed by atoms with Crippen LogP contribution in [0.15, 0.2) is 23.0 Å². The van der Waals surface area contributed by atoms with Crippen LogP contribution >= 0.6 is 12.4 Å². The third kappa shape index (κ3) is 2.37. The molecule has 0 unspecified atom stereocenters. The highest BCUT2D eigenvalue weighted by atomic mass is 35.5. The highest BCUT2D eigenvalue weighted by Gasteiger charge is 2.28. The van der Waals surface area contributed by atoms with Crippen LogP contribution in [0.4, 0.5) is 0 Å². The number of rotatable bonds is 2. The molecule has 1 aromatic heterocycles. The van der Waals surface area contributed by atoms with Gasteiger partial charge in [-0.2, -0.15) is 0 Å². The molecule has 3 N–H and O–H groups in total. The van der Waals surface area contributed by atoms with Gasteiger partial charge in [-0.05, 0) is 12.5 Å². The summed E-state index contributed by atoms with van der Waals surface area (Å²) in [5.74, 6) is 0. The number of aromatic nitrogens is 2. The Kier molecular flexibility index (Phi) is 4.22. The highest BCUT2D eigenvalue weighted by molar-refractivity contribution is 5.85. The Morgan fingerprint density at radius 1 is 1.45 bits per heavy atom. The number of imidazole rings is 1. The number of nitrogens with zero attached hydrogens (tertiary/aromatic N) is 1. The maximum atomic E-state index is 11.9. The Morgan fingerprint density at radius 2 is 2.20 bits per heavy atom. The summed E-state index contributed by atoms with van der Waals surface area (Å²) in [7, 11) is 0. The lowest BCUT2D eigenvalue weighted by molar-refractivity contribution is 0.121. The van der Waals surface area contributed by atoms with Crippen molar-refractivity contribution in [3.05, 3.63) is 34.2 Å². The van der Waals surface area contributed by atoms with Crippen molar-refractivity contribution >= 4 is 23.4 Å². The van der Waals surface area contributed by atoms with Gasteiger partial charge in [0.2, 0.25) is 0 Å². The molecule has 0 amide bonds.